The first-order valence-corrected chi connectivity index (χ1v) is 6.53. The van der Waals surface area contributed by atoms with Crippen LogP contribution in [0.5, 0.6) is 0 Å². The fourth-order valence-electron chi connectivity index (χ4n) is 2.24. The number of carboxylic acids is 1. The Balaban J connectivity index is 2.58. The van der Waals surface area contributed by atoms with E-state index < -0.39 is 10.9 Å². The topological polar surface area (TPSA) is 96.6 Å². The Bertz CT molecular complexity index is 687. The van der Waals surface area contributed by atoms with Crippen LogP contribution in [0.4, 0.5) is 11.4 Å². The molecule has 21 heavy (non-hydrogen) atoms. The second kappa shape index (κ2) is 6.17. The van der Waals surface area contributed by atoms with Crippen molar-refractivity contribution in [1.29, 1.82) is 0 Å². The van der Waals surface area contributed by atoms with Crippen LogP contribution < -0.4 is 4.90 Å². The average molecular weight is 289 g/mol. The van der Waals surface area contributed by atoms with Gasteiger partial charge in [0.05, 0.1) is 16.9 Å². The van der Waals surface area contributed by atoms with Gasteiger partial charge in [-0.25, -0.2) is 4.98 Å². The van der Waals surface area contributed by atoms with Crippen molar-refractivity contribution in [3.63, 3.8) is 0 Å². The number of hydrogen-bond donors (Lipinski definition) is 1. The van der Waals surface area contributed by atoms with Crippen molar-refractivity contribution in [2.24, 2.45) is 0 Å². The average Bonchev–Trinajstić information content (AvgIpc) is 2.47. The van der Waals surface area contributed by atoms with Gasteiger partial charge in [0, 0.05) is 18.5 Å². The third kappa shape index (κ3) is 3.07. The molecule has 0 amide bonds. The summed E-state index contributed by atoms with van der Waals surface area (Å²) in [4.78, 5) is 27.3. The third-order valence-corrected chi connectivity index (χ3v) is 3.22. The number of para-hydroxylation sites is 1. The quantitative estimate of drug-likeness (QED) is 0.648. The Morgan fingerprint density at radius 2 is 2.14 bits per heavy atom. The molecule has 1 heterocycles. The molecule has 7 heteroatoms. The van der Waals surface area contributed by atoms with E-state index >= 15 is 0 Å². The lowest BCUT2D eigenvalue weighted by atomic mass is 10.1. The van der Waals surface area contributed by atoms with Crippen LogP contribution in [0.1, 0.15) is 13.3 Å². The maximum Gasteiger partial charge on any atom is 0.311 e. The largest absolute Gasteiger partial charge is 0.481 e. The molecule has 0 fully saturated rings. The van der Waals surface area contributed by atoms with E-state index in [1.54, 1.807) is 29.2 Å². The highest BCUT2D eigenvalue weighted by Gasteiger charge is 2.22. The monoisotopic (exact) mass is 289 g/mol. The molecule has 0 aliphatic rings. The van der Waals surface area contributed by atoms with Gasteiger partial charge in [-0.15, -0.1) is 0 Å². The van der Waals surface area contributed by atoms with Crippen molar-refractivity contribution in [2.45, 2.75) is 13.3 Å². The first kappa shape index (κ1) is 14.7. The van der Waals surface area contributed by atoms with Crippen LogP contribution in [0, 0.1) is 10.1 Å². The number of hydrogen-bond acceptors (Lipinski definition) is 5. The number of benzene rings is 1. The minimum Gasteiger partial charge on any atom is -0.481 e. The van der Waals surface area contributed by atoms with Crippen molar-refractivity contribution in [3.8, 4) is 0 Å². The molecule has 0 saturated carbocycles. The molecule has 0 aliphatic carbocycles. The Hall–Kier alpha value is -2.70. The molecule has 1 aromatic heterocycles. The zero-order valence-electron chi connectivity index (χ0n) is 11.5. The molecule has 0 bridgehead atoms. The van der Waals surface area contributed by atoms with Crippen molar-refractivity contribution in [2.75, 3.05) is 18.0 Å². The number of fused-ring (bicyclic) bond motifs is 1. The number of aromatic nitrogens is 1. The zero-order valence-corrected chi connectivity index (χ0v) is 11.5. The van der Waals surface area contributed by atoms with E-state index in [0.717, 1.165) is 0 Å². The van der Waals surface area contributed by atoms with Crippen LogP contribution >= 0.6 is 0 Å². The Morgan fingerprint density at radius 1 is 1.43 bits per heavy atom. The minimum atomic E-state index is -0.936. The molecule has 1 aromatic carbocycles. The summed E-state index contributed by atoms with van der Waals surface area (Å²) in [5.41, 5.74) is 0.960. The summed E-state index contributed by atoms with van der Waals surface area (Å²) in [6.45, 7) is 2.52. The maximum absolute atomic E-state index is 11.2. The van der Waals surface area contributed by atoms with Gasteiger partial charge in [0.2, 0.25) is 0 Å². The summed E-state index contributed by atoms with van der Waals surface area (Å²) in [5, 5.41) is 20.7. The number of nitrogens with zero attached hydrogens (tertiary/aromatic N) is 3. The lowest BCUT2D eigenvalue weighted by Gasteiger charge is -2.23. The van der Waals surface area contributed by atoms with Crippen LogP contribution in [-0.4, -0.2) is 34.1 Å². The molecule has 0 aliphatic heterocycles. The predicted octanol–water partition coefficient (Wildman–Crippen LogP) is 2.44. The van der Waals surface area contributed by atoms with E-state index in [9.17, 15) is 14.9 Å². The van der Waals surface area contributed by atoms with Crippen molar-refractivity contribution in [1.82, 2.24) is 4.98 Å². The van der Waals surface area contributed by atoms with E-state index in [-0.39, 0.29) is 18.7 Å². The Morgan fingerprint density at radius 3 is 2.76 bits per heavy atom. The number of nitro groups is 1. The Labute approximate surface area is 121 Å². The van der Waals surface area contributed by atoms with Gasteiger partial charge in [-0.05, 0) is 13.0 Å². The van der Waals surface area contributed by atoms with Crippen LogP contribution in [0.3, 0.4) is 0 Å². The lowest BCUT2D eigenvalue weighted by molar-refractivity contribution is -0.384. The van der Waals surface area contributed by atoms with Crippen molar-refractivity contribution >= 4 is 28.2 Å². The predicted molar refractivity (Wildman–Crippen MR) is 78.5 cm³/mol. The summed E-state index contributed by atoms with van der Waals surface area (Å²) in [6, 6.07) is 7.11. The first-order chi connectivity index (χ1) is 10.0. The van der Waals surface area contributed by atoms with Crippen LogP contribution in [-0.2, 0) is 4.79 Å². The standard InChI is InChI=1S/C14H15N3O4/c1-2-16(8-7-13(18)19)14-10-5-3-4-6-11(10)15-9-12(14)17(20)21/h3-6,9H,2,7-8H2,1H3,(H,18,19). The molecule has 2 aromatic rings. The molecular formula is C14H15N3O4. The fraction of sp³-hybridized carbons (Fsp3) is 0.286. The molecule has 110 valence electrons. The van der Waals surface area contributed by atoms with Crippen molar-refractivity contribution < 1.29 is 14.8 Å². The smallest absolute Gasteiger partial charge is 0.311 e. The van der Waals surface area contributed by atoms with Crippen LogP contribution in [0.2, 0.25) is 0 Å². The van der Waals surface area contributed by atoms with Crippen LogP contribution in [0.15, 0.2) is 30.5 Å². The first-order valence-electron chi connectivity index (χ1n) is 6.53. The van der Waals surface area contributed by atoms with Gasteiger partial charge in [-0.1, -0.05) is 18.2 Å². The van der Waals surface area contributed by atoms with E-state index in [2.05, 4.69) is 4.98 Å². The van der Waals surface area contributed by atoms with Gasteiger partial charge in [0.1, 0.15) is 11.9 Å². The summed E-state index contributed by atoms with van der Waals surface area (Å²) in [5.74, 6) is -0.936. The highest BCUT2D eigenvalue weighted by molar-refractivity contribution is 5.96. The molecule has 0 atom stereocenters. The third-order valence-electron chi connectivity index (χ3n) is 3.22. The fourth-order valence-corrected chi connectivity index (χ4v) is 2.24. The number of carbonyl (C=O) groups is 1. The lowest BCUT2D eigenvalue weighted by Crippen LogP contribution is -2.26. The second-order valence-corrected chi connectivity index (χ2v) is 4.49. The summed E-state index contributed by atoms with van der Waals surface area (Å²) in [6.07, 6.45) is 1.14. The molecular weight excluding hydrogens is 274 g/mol. The van der Waals surface area contributed by atoms with Crippen molar-refractivity contribution in [3.05, 3.63) is 40.6 Å². The highest BCUT2D eigenvalue weighted by Crippen LogP contribution is 2.34. The molecule has 0 saturated heterocycles. The van der Waals surface area contributed by atoms with E-state index in [0.29, 0.717) is 23.1 Å². The van der Waals surface area contributed by atoms with Gasteiger partial charge in [-0.3, -0.25) is 14.9 Å². The van der Waals surface area contributed by atoms with Gasteiger partial charge in [0.15, 0.2) is 0 Å². The van der Waals surface area contributed by atoms with E-state index in [4.69, 9.17) is 5.11 Å². The van der Waals surface area contributed by atoms with Gasteiger partial charge in [-0.2, -0.15) is 0 Å². The Kier molecular flexibility index (Phi) is 4.32. The maximum atomic E-state index is 11.2. The van der Waals surface area contributed by atoms with E-state index in [1.807, 2.05) is 6.92 Å². The van der Waals surface area contributed by atoms with Gasteiger partial charge >= 0.3 is 11.7 Å². The molecule has 7 nitrogen and oxygen atoms in total. The number of anilines is 1. The van der Waals surface area contributed by atoms with Gasteiger partial charge in [0.25, 0.3) is 0 Å². The number of aliphatic carboxylic acids is 1. The molecule has 0 spiro atoms. The minimum absolute atomic E-state index is 0.0817. The SMILES string of the molecule is CCN(CCC(=O)O)c1c([N+](=O)[O-])cnc2ccccc12. The van der Waals surface area contributed by atoms with Crippen LogP contribution in [0.25, 0.3) is 10.9 Å². The summed E-state index contributed by atoms with van der Waals surface area (Å²) < 4.78 is 0. The number of pyridine rings is 1. The normalized spacial score (nSPS) is 10.5. The second-order valence-electron chi connectivity index (χ2n) is 4.49. The van der Waals surface area contributed by atoms with E-state index in [1.165, 1.54) is 6.20 Å². The molecule has 0 radical (unpaired) electrons. The number of rotatable bonds is 6. The molecule has 0 unspecified atom stereocenters. The highest BCUT2D eigenvalue weighted by atomic mass is 16.6. The zero-order chi connectivity index (χ0) is 15.4. The van der Waals surface area contributed by atoms with Gasteiger partial charge < -0.3 is 10.0 Å². The summed E-state index contributed by atoms with van der Waals surface area (Å²) in [7, 11) is 0. The summed E-state index contributed by atoms with van der Waals surface area (Å²) >= 11 is 0. The number of carboxylic acid groups (broad SMARTS) is 1. The molecule has 1 N–H and O–H groups in total. The molecule has 2 rings (SSSR count).